The van der Waals surface area contributed by atoms with Crippen LogP contribution >= 0.6 is 0 Å². The molecule has 2 aromatic rings. The lowest BCUT2D eigenvalue weighted by Crippen LogP contribution is -2.31. The first-order valence-electron chi connectivity index (χ1n) is 7.66. The van der Waals surface area contributed by atoms with Crippen molar-refractivity contribution in [2.24, 2.45) is 0 Å². The molecule has 3 rings (SSSR count). The number of nitrogens with zero attached hydrogens (tertiary/aromatic N) is 1. The molecule has 2 heterocycles. The normalized spacial score (nSPS) is 17.3. The first kappa shape index (κ1) is 15.3. The van der Waals surface area contributed by atoms with Gasteiger partial charge in [0.1, 0.15) is 11.5 Å². The number of carbonyl (C=O) groups is 1. The summed E-state index contributed by atoms with van der Waals surface area (Å²) in [5.41, 5.74) is 0.765. The van der Waals surface area contributed by atoms with Crippen LogP contribution in [0.4, 0.5) is 0 Å². The fraction of sp³-hybridized carbons (Fsp3) is 0.333. The molecule has 23 heavy (non-hydrogen) atoms. The van der Waals surface area contributed by atoms with E-state index < -0.39 is 0 Å². The lowest BCUT2D eigenvalue weighted by molar-refractivity contribution is 0.0697. The number of rotatable bonds is 3. The van der Waals surface area contributed by atoms with Crippen molar-refractivity contribution in [1.82, 2.24) is 4.90 Å². The summed E-state index contributed by atoms with van der Waals surface area (Å²) in [4.78, 5) is 26.2. The minimum atomic E-state index is -0.251. The number of methoxy groups -OCH3 is 1. The SMILES string of the molecule is COc1ccccc1C1CCCN1C(=O)c1cc(=O)cc(C)o1. The van der Waals surface area contributed by atoms with E-state index in [1.165, 1.54) is 12.1 Å². The molecule has 0 saturated carbocycles. The Hall–Kier alpha value is -2.56. The Kier molecular flexibility index (Phi) is 4.19. The largest absolute Gasteiger partial charge is 0.496 e. The summed E-state index contributed by atoms with van der Waals surface area (Å²) in [6.07, 6.45) is 1.77. The minimum Gasteiger partial charge on any atom is -0.496 e. The van der Waals surface area contributed by atoms with Gasteiger partial charge in [0.25, 0.3) is 5.91 Å². The van der Waals surface area contributed by atoms with Gasteiger partial charge < -0.3 is 14.1 Å². The Balaban J connectivity index is 1.95. The predicted octanol–water partition coefficient (Wildman–Crippen LogP) is 2.93. The summed E-state index contributed by atoms with van der Waals surface area (Å²) in [7, 11) is 1.62. The number of ether oxygens (including phenoxy) is 1. The molecule has 0 bridgehead atoms. The zero-order chi connectivity index (χ0) is 16.4. The molecule has 120 valence electrons. The fourth-order valence-corrected chi connectivity index (χ4v) is 3.13. The van der Waals surface area contributed by atoms with Crippen LogP contribution < -0.4 is 10.2 Å². The third-order valence-electron chi connectivity index (χ3n) is 4.11. The van der Waals surface area contributed by atoms with Gasteiger partial charge in [-0.05, 0) is 25.8 Å². The highest BCUT2D eigenvalue weighted by Crippen LogP contribution is 2.37. The molecule has 0 radical (unpaired) electrons. The lowest BCUT2D eigenvalue weighted by atomic mass is 10.0. The maximum atomic E-state index is 12.8. The quantitative estimate of drug-likeness (QED) is 0.874. The molecule has 1 unspecified atom stereocenters. The van der Waals surface area contributed by atoms with Crippen molar-refractivity contribution in [3.05, 3.63) is 63.7 Å². The zero-order valence-corrected chi connectivity index (χ0v) is 13.2. The number of carbonyl (C=O) groups excluding carboxylic acids is 1. The van der Waals surface area contributed by atoms with Crippen LogP contribution in [0.25, 0.3) is 0 Å². The Morgan fingerprint density at radius 1 is 1.30 bits per heavy atom. The molecule has 1 atom stereocenters. The van der Waals surface area contributed by atoms with Gasteiger partial charge >= 0.3 is 0 Å². The minimum absolute atomic E-state index is 0.0653. The van der Waals surface area contributed by atoms with Gasteiger partial charge in [0, 0.05) is 24.2 Å². The van der Waals surface area contributed by atoms with Gasteiger partial charge in [-0.25, -0.2) is 0 Å². The van der Waals surface area contributed by atoms with Gasteiger partial charge in [-0.3, -0.25) is 9.59 Å². The van der Waals surface area contributed by atoms with E-state index in [4.69, 9.17) is 9.15 Å². The van der Waals surface area contributed by atoms with Crippen LogP contribution in [-0.2, 0) is 0 Å². The van der Waals surface area contributed by atoms with Gasteiger partial charge in [0.15, 0.2) is 11.2 Å². The van der Waals surface area contributed by atoms with Crippen LogP contribution in [0.15, 0.2) is 45.6 Å². The van der Waals surface area contributed by atoms with Crippen molar-refractivity contribution in [3.8, 4) is 5.75 Å². The average Bonchev–Trinajstić information content (AvgIpc) is 3.02. The van der Waals surface area contributed by atoms with Crippen molar-refractivity contribution < 1.29 is 13.9 Å². The molecule has 1 aliphatic heterocycles. The summed E-state index contributed by atoms with van der Waals surface area (Å²) >= 11 is 0. The van der Waals surface area contributed by atoms with Crippen LogP contribution in [0.5, 0.6) is 5.75 Å². The Morgan fingerprint density at radius 2 is 2.09 bits per heavy atom. The van der Waals surface area contributed by atoms with E-state index in [9.17, 15) is 9.59 Å². The Bertz CT molecular complexity index is 781. The van der Waals surface area contributed by atoms with Crippen molar-refractivity contribution in [2.75, 3.05) is 13.7 Å². The van der Waals surface area contributed by atoms with E-state index in [0.29, 0.717) is 12.3 Å². The van der Waals surface area contributed by atoms with Gasteiger partial charge in [-0.1, -0.05) is 18.2 Å². The summed E-state index contributed by atoms with van der Waals surface area (Å²) < 4.78 is 10.9. The molecule has 1 amide bonds. The number of likely N-dealkylation sites (tertiary alicyclic amines) is 1. The maximum absolute atomic E-state index is 12.8. The second kappa shape index (κ2) is 6.28. The molecule has 5 heteroatoms. The molecule has 1 saturated heterocycles. The summed E-state index contributed by atoms with van der Waals surface area (Å²) in [6, 6.07) is 10.3. The molecule has 0 aliphatic carbocycles. The molecule has 0 N–H and O–H groups in total. The van der Waals surface area contributed by atoms with E-state index >= 15 is 0 Å². The van der Waals surface area contributed by atoms with Crippen LogP contribution in [0.3, 0.4) is 0 Å². The number of amides is 1. The van der Waals surface area contributed by atoms with Crippen LogP contribution in [0.1, 0.15) is 40.8 Å². The molecular weight excluding hydrogens is 294 g/mol. The monoisotopic (exact) mass is 313 g/mol. The Labute approximate surface area is 134 Å². The van der Waals surface area contributed by atoms with Crippen molar-refractivity contribution in [1.29, 1.82) is 0 Å². The van der Waals surface area contributed by atoms with E-state index in [0.717, 1.165) is 24.2 Å². The first-order chi connectivity index (χ1) is 11.1. The number of aryl methyl sites for hydroxylation is 1. The third-order valence-corrected chi connectivity index (χ3v) is 4.11. The number of hydrogen-bond donors (Lipinski definition) is 0. The van der Waals surface area contributed by atoms with Gasteiger partial charge in [0.05, 0.1) is 13.2 Å². The number of para-hydroxylation sites is 1. The fourth-order valence-electron chi connectivity index (χ4n) is 3.13. The van der Waals surface area contributed by atoms with Gasteiger partial charge in [-0.15, -0.1) is 0 Å². The van der Waals surface area contributed by atoms with E-state index in [1.807, 2.05) is 24.3 Å². The second-order valence-electron chi connectivity index (χ2n) is 5.67. The summed E-state index contributed by atoms with van der Waals surface area (Å²) in [5.74, 6) is 1.05. The standard InChI is InChI=1S/C18H19NO4/c1-12-10-13(20)11-17(23-12)18(21)19-9-5-7-15(19)14-6-3-4-8-16(14)22-2/h3-4,6,8,10-11,15H,5,7,9H2,1-2H3. The van der Waals surface area contributed by atoms with Crippen LogP contribution in [-0.4, -0.2) is 24.5 Å². The van der Waals surface area contributed by atoms with Crippen LogP contribution in [0, 0.1) is 6.92 Å². The molecule has 1 aromatic carbocycles. The molecule has 5 nitrogen and oxygen atoms in total. The highest BCUT2D eigenvalue weighted by atomic mass is 16.5. The molecule has 1 fully saturated rings. The van der Waals surface area contributed by atoms with Crippen molar-refractivity contribution in [3.63, 3.8) is 0 Å². The molecule has 1 aliphatic rings. The molecule has 1 aromatic heterocycles. The smallest absolute Gasteiger partial charge is 0.290 e. The summed E-state index contributed by atoms with van der Waals surface area (Å²) in [5, 5.41) is 0. The number of hydrogen-bond acceptors (Lipinski definition) is 4. The maximum Gasteiger partial charge on any atom is 0.290 e. The van der Waals surface area contributed by atoms with Gasteiger partial charge in [-0.2, -0.15) is 0 Å². The van der Waals surface area contributed by atoms with Crippen molar-refractivity contribution >= 4 is 5.91 Å². The van der Waals surface area contributed by atoms with Gasteiger partial charge in [0.2, 0.25) is 0 Å². The lowest BCUT2D eigenvalue weighted by Gasteiger charge is -2.25. The molecule has 0 spiro atoms. The zero-order valence-electron chi connectivity index (χ0n) is 13.2. The highest BCUT2D eigenvalue weighted by molar-refractivity contribution is 5.92. The van der Waals surface area contributed by atoms with E-state index in [-0.39, 0.29) is 23.1 Å². The first-order valence-corrected chi connectivity index (χ1v) is 7.66. The number of benzene rings is 1. The average molecular weight is 313 g/mol. The topological polar surface area (TPSA) is 59.8 Å². The van der Waals surface area contributed by atoms with E-state index in [2.05, 4.69) is 0 Å². The van der Waals surface area contributed by atoms with Crippen LogP contribution in [0.2, 0.25) is 0 Å². The second-order valence-corrected chi connectivity index (χ2v) is 5.67. The predicted molar refractivity (Wildman–Crippen MR) is 85.7 cm³/mol. The molecular formula is C18H19NO4. The Morgan fingerprint density at radius 3 is 2.83 bits per heavy atom. The van der Waals surface area contributed by atoms with E-state index in [1.54, 1.807) is 18.9 Å². The highest BCUT2D eigenvalue weighted by Gasteiger charge is 2.33. The summed E-state index contributed by atoms with van der Waals surface area (Å²) in [6.45, 7) is 2.30. The van der Waals surface area contributed by atoms with Crippen molar-refractivity contribution in [2.45, 2.75) is 25.8 Å². The third kappa shape index (κ3) is 2.99.